The van der Waals surface area contributed by atoms with Crippen molar-refractivity contribution < 1.29 is 79.8 Å². The first-order valence-electron chi connectivity index (χ1n) is 33.8. The number of urea groups is 3. The second kappa shape index (κ2) is 35.7. The largest absolute Gasteiger partial charge is 0.372 e. The van der Waals surface area contributed by atoms with Crippen molar-refractivity contribution in [3.05, 3.63) is 140 Å². The second-order valence-corrected chi connectivity index (χ2v) is 25.0. The van der Waals surface area contributed by atoms with Gasteiger partial charge in [0.05, 0.1) is 18.6 Å². The van der Waals surface area contributed by atoms with Gasteiger partial charge in [-0.1, -0.05) is 0 Å². The number of carbonyl (C=O) groups excluding carboxylic acids is 6. The second-order valence-electron chi connectivity index (χ2n) is 25.0. The smallest absolute Gasteiger partial charge is 0.328 e. The van der Waals surface area contributed by atoms with Crippen LogP contribution in [0.5, 0.6) is 0 Å². The van der Waals surface area contributed by atoms with E-state index in [1.807, 2.05) is 18.2 Å². The number of likely N-dealkylation sites (tertiary alicyclic amines) is 3. The third-order valence-corrected chi connectivity index (χ3v) is 18.5. The number of nitrogens with zero attached hydrogens (tertiary/aromatic N) is 15. The first-order chi connectivity index (χ1) is 51.2. The van der Waals surface area contributed by atoms with Crippen molar-refractivity contribution in [2.45, 2.75) is 115 Å². The number of rotatable bonds is 20. The molecule has 3 saturated heterocycles. The summed E-state index contributed by atoms with van der Waals surface area (Å²) in [5.74, 6) is -1.15. The fourth-order valence-electron chi connectivity index (χ4n) is 13.2. The van der Waals surface area contributed by atoms with Gasteiger partial charge in [0, 0.05) is 153 Å². The number of halogens is 3. The molecule has 0 unspecified atom stereocenters. The summed E-state index contributed by atoms with van der Waals surface area (Å²) in [5, 5.41) is 34.3. The fraction of sp³-hybridized carbons (Fsp3) is 0.451. The number of hydrogen-bond donors (Lipinski definition) is 3. The van der Waals surface area contributed by atoms with E-state index in [-0.39, 0.29) is 51.9 Å². The van der Waals surface area contributed by atoms with Crippen LogP contribution in [0.3, 0.4) is 0 Å². The Morgan fingerprint density at radius 2 is 0.755 bits per heavy atom. The number of aryl methyl sites for hydroxylation is 3. The molecule has 3 fully saturated rings. The Morgan fingerprint density at radius 3 is 1.01 bits per heavy atom. The van der Waals surface area contributed by atoms with Crippen molar-refractivity contribution in [3.63, 3.8) is 0 Å². The van der Waals surface area contributed by atoms with Gasteiger partial charge in [0.1, 0.15) is 117 Å². The highest BCUT2D eigenvalue weighted by molar-refractivity contribution is 6.03. The van der Waals surface area contributed by atoms with Crippen molar-refractivity contribution >= 4 is 70.7 Å². The normalized spacial score (nSPS) is 16.7. The molecule has 6 aliphatic rings. The Hall–Kier alpha value is -10.9. The molecule has 0 saturated carbocycles. The highest BCUT2D eigenvalue weighted by Gasteiger charge is 2.38. The first-order valence-corrected chi connectivity index (χ1v) is 33.8. The van der Waals surface area contributed by atoms with Gasteiger partial charge in [-0.25, -0.2) is 57.5 Å². The van der Waals surface area contributed by atoms with Gasteiger partial charge in [0.15, 0.2) is 0 Å². The molecule has 6 aromatic heterocycles. The highest BCUT2D eigenvalue weighted by Crippen LogP contribution is 2.37. The number of nitriles is 3. The van der Waals surface area contributed by atoms with Crippen LogP contribution in [0.15, 0.2) is 55.0 Å². The zero-order valence-corrected chi connectivity index (χ0v) is 59.6. The molecule has 9 amide bonds. The number of methoxy groups -OCH3 is 8. The van der Waals surface area contributed by atoms with Gasteiger partial charge in [-0.3, -0.25) is 45.0 Å². The van der Waals surface area contributed by atoms with Crippen molar-refractivity contribution in [3.8, 4) is 18.2 Å². The molecule has 0 radical (unpaired) electrons. The average Bonchev–Trinajstić information content (AvgIpc) is 0.999. The van der Waals surface area contributed by atoms with Crippen molar-refractivity contribution in [2.75, 3.05) is 127 Å². The summed E-state index contributed by atoms with van der Waals surface area (Å²) in [6.07, 6.45) is 6.58. The maximum atomic E-state index is 14.0. The van der Waals surface area contributed by atoms with E-state index < -0.39 is 66.6 Å². The Bertz CT molecular complexity index is 4230. The molecule has 6 aromatic rings. The summed E-state index contributed by atoms with van der Waals surface area (Å²) in [4.78, 5) is 112. The average molecular weight is 1470 g/mol. The number of fused-ring (bicyclic) bond motifs is 3. The van der Waals surface area contributed by atoms with Crippen LogP contribution in [-0.4, -0.2) is 189 Å². The van der Waals surface area contributed by atoms with Gasteiger partial charge >= 0.3 is 18.1 Å². The Kier molecular flexibility index (Phi) is 26.2. The van der Waals surface area contributed by atoms with E-state index in [0.717, 1.165) is 76.6 Å². The number of amides is 9. The molecule has 35 heteroatoms. The molecule has 0 aromatic carbocycles. The third kappa shape index (κ3) is 17.5. The van der Waals surface area contributed by atoms with Gasteiger partial charge in [-0.2, -0.15) is 15.8 Å². The van der Waals surface area contributed by atoms with E-state index in [9.17, 15) is 41.9 Å². The topological polar surface area (TPSA) is 380 Å². The molecule has 12 heterocycles. The highest BCUT2D eigenvalue weighted by atomic mass is 19.1. The molecule has 0 aliphatic carbocycles. The molecule has 558 valence electrons. The number of nitrogens with one attached hydrogen (secondary N) is 3. The molecular weight excluding hydrogens is 1390 g/mol. The lowest BCUT2D eigenvalue weighted by Crippen LogP contribution is -2.40. The number of ether oxygens (including phenoxy) is 8. The van der Waals surface area contributed by atoms with Crippen molar-refractivity contribution in [1.29, 1.82) is 15.8 Å². The number of pyridine rings is 6. The Labute approximate surface area is 608 Å². The summed E-state index contributed by atoms with van der Waals surface area (Å²) in [5.41, 5.74) is 5.60. The lowest BCUT2D eigenvalue weighted by Gasteiger charge is -2.31. The molecule has 32 nitrogen and oxygen atoms in total. The Morgan fingerprint density at radius 1 is 0.453 bits per heavy atom. The molecular formula is C71H79F3N18O14. The zero-order valence-electron chi connectivity index (χ0n) is 59.6. The molecule has 3 N–H and O–H groups in total. The number of anilines is 6. The number of aromatic nitrogens is 6. The fourth-order valence-corrected chi connectivity index (χ4v) is 13.2. The van der Waals surface area contributed by atoms with Gasteiger partial charge in [-0.05, 0) is 96.5 Å². The standard InChI is InChI=1S/2C24H27FN6O5.C23H25FN6O4/c2*1-34-18-6-8-30(22(18)32)13-15-9-14-5-4-7-31(21(14)29-20(15)23(35-2)36-3)24(33)28-19-10-17(25)16(11-26)12-27-19;1-33-22(34-2)20-15(13-29-7-4-6-19(29)31)9-14-5-3-8-30(21(14)28-20)23(32)27-18-10-17(24)16(11-25)12-26-18/h2*9-10,12,18,23H,4-8,13H2,1-3H3,(H,27,28,33);9-10,12,22H,3-8,13H2,1-2H3,(H,26,27,32)/t2*18-;/m10./s1. The predicted octanol–water partition coefficient (Wildman–Crippen LogP) is 7.91. The lowest BCUT2D eigenvalue weighted by molar-refractivity contribution is -0.137. The van der Waals surface area contributed by atoms with Gasteiger partial charge < -0.3 is 52.6 Å². The van der Waals surface area contributed by atoms with Gasteiger partial charge in [0.2, 0.25) is 24.8 Å². The number of hydrogen-bond acceptors (Lipinski definition) is 23. The van der Waals surface area contributed by atoms with Crippen LogP contribution in [-0.2, 0) is 91.2 Å². The minimum absolute atomic E-state index is 0.00956. The summed E-state index contributed by atoms with van der Waals surface area (Å²) in [6.45, 7) is 3.96. The first kappa shape index (κ1) is 77.7. The molecule has 106 heavy (non-hydrogen) atoms. The zero-order chi connectivity index (χ0) is 75.9. The molecule has 12 rings (SSSR count). The van der Waals surface area contributed by atoms with Crippen LogP contribution in [0.25, 0.3) is 0 Å². The minimum atomic E-state index is -0.817. The van der Waals surface area contributed by atoms with E-state index in [0.29, 0.717) is 151 Å². The van der Waals surface area contributed by atoms with E-state index in [4.69, 9.17) is 68.6 Å². The van der Waals surface area contributed by atoms with Crippen LogP contribution in [0, 0.1) is 51.4 Å². The van der Waals surface area contributed by atoms with E-state index in [2.05, 4.69) is 30.9 Å². The summed E-state index contributed by atoms with van der Waals surface area (Å²) in [7, 11) is 12.0. The molecule has 2 atom stereocenters. The van der Waals surface area contributed by atoms with Crippen molar-refractivity contribution in [2.24, 2.45) is 0 Å². The molecule has 6 aliphatic heterocycles. The maximum absolute atomic E-state index is 14.0. The SMILES string of the molecule is COC(OC)c1nc2c(cc1CN1CCCC1=O)CCCN2C(=O)Nc1cc(F)c(C#N)cn1.COC(OC)c1nc2c(cc1CN1CC[C@@H](OC)C1=O)CCCN2C(=O)Nc1cc(F)c(C#N)cn1.COC(OC)c1nc2c(cc1CN1CC[C@H](OC)C1=O)CCCN2C(=O)Nc1cc(F)c(C#N)cn1. The monoisotopic (exact) mass is 1460 g/mol. The van der Waals surface area contributed by atoms with Crippen LogP contribution in [0.1, 0.15) is 131 Å². The molecule has 0 bridgehead atoms. The van der Waals surface area contributed by atoms with Crippen LogP contribution >= 0.6 is 0 Å². The number of carbonyl (C=O) groups is 6. The van der Waals surface area contributed by atoms with Crippen LogP contribution in [0.4, 0.5) is 62.5 Å². The predicted molar refractivity (Wildman–Crippen MR) is 370 cm³/mol. The summed E-state index contributed by atoms with van der Waals surface area (Å²) < 4.78 is 85.2. The molecule has 0 spiro atoms. The van der Waals surface area contributed by atoms with Crippen molar-refractivity contribution in [1.82, 2.24) is 44.6 Å². The summed E-state index contributed by atoms with van der Waals surface area (Å²) in [6, 6.07) is 12.3. The lowest BCUT2D eigenvalue weighted by atomic mass is 10.0. The Balaban J connectivity index is 0.000000170. The van der Waals surface area contributed by atoms with E-state index in [1.165, 1.54) is 71.6 Å². The van der Waals surface area contributed by atoms with Gasteiger partial charge in [-0.15, -0.1) is 0 Å². The van der Waals surface area contributed by atoms with Crippen LogP contribution < -0.4 is 30.7 Å². The third-order valence-electron chi connectivity index (χ3n) is 18.5. The minimum Gasteiger partial charge on any atom is -0.372 e. The maximum Gasteiger partial charge on any atom is 0.328 e. The van der Waals surface area contributed by atoms with E-state index >= 15 is 0 Å². The summed E-state index contributed by atoms with van der Waals surface area (Å²) >= 11 is 0. The quantitative estimate of drug-likeness (QED) is 0.0611. The van der Waals surface area contributed by atoms with E-state index in [1.54, 1.807) is 32.9 Å². The van der Waals surface area contributed by atoms with Crippen LogP contribution in [0.2, 0.25) is 0 Å². The van der Waals surface area contributed by atoms with Gasteiger partial charge in [0.25, 0.3) is 11.8 Å².